The molecule has 1 aliphatic heterocycles. The van der Waals surface area contributed by atoms with Gasteiger partial charge in [0.1, 0.15) is 5.56 Å². The Labute approximate surface area is 167 Å². The van der Waals surface area contributed by atoms with Gasteiger partial charge in [-0.25, -0.2) is 0 Å². The van der Waals surface area contributed by atoms with Gasteiger partial charge in [-0.15, -0.1) is 0 Å². The number of aryl methyl sites for hydroxylation is 2. The average Bonchev–Trinajstić information content (AvgIpc) is 2.93. The fourth-order valence-electron chi connectivity index (χ4n) is 3.23. The zero-order valence-electron chi connectivity index (χ0n) is 16.9. The molecule has 1 aromatic heterocycles. The van der Waals surface area contributed by atoms with Crippen LogP contribution in [-0.4, -0.2) is 27.2 Å². The van der Waals surface area contributed by atoms with Gasteiger partial charge >= 0.3 is 0 Å². The number of carbonyl (C=O) groups excluding carboxylic acids is 2. The minimum atomic E-state index is -0.866. The number of primary amides is 1. The highest BCUT2D eigenvalue weighted by Gasteiger charge is 2.30. The number of benzene rings is 1. The van der Waals surface area contributed by atoms with E-state index in [4.69, 9.17) is 5.73 Å². The van der Waals surface area contributed by atoms with Gasteiger partial charge in [-0.05, 0) is 62.6 Å². The smallest absolute Gasteiger partial charge is 0.280 e. The van der Waals surface area contributed by atoms with Crippen LogP contribution in [0.25, 0.3) is 6.08 Å². The zero-order valence-corrected chi connectivity index (χ0v) is 16.9. The molecular formula is C21H22N4O4. The van der Waals surface area contributed by atoms with Crippen LogP contribution in [0.5, 0.6) is 5.88 Å². The van der Waals surface area contributed by atoms with E-state index in [0.29, 0.717) is 11.4 Å². The molecule has 0 saturated heterocycles. The van der Waals surface area contributed by atoms with Gasteiger partial charge in [0, 0.05) is 12.6 Å². The number of rotatable bonds is 3. The second-order valence-corrected chi connectivity index (χ2v) is 7.09. The Bertz CT molecular complexity index is 1190. The maximum atomic E-state index is 13.0. The number of nitrogens with zero attached hydrogens (tertiary/aromatic N) is 3. The highest BCUT2D eigenvalue weighted by molar-refractivity contribution is 6.32. The summed E-state index contributed by atoms with van der Waals surface area (Å²) in [4.78, 5) is 37.4. The zero-order chi connectivity index (χ0) is 21.6. The Morgan fingerprint density at radius 1 is 1.14 bits per heavy atom. The SMILES string of the molecule is CC1=NN(c2ccc(C)c(C)c2)C(=O)C1=Cc1c(C)c(C(N)=O)c(O)n(C)c1=O. The summed E-state index contributed by atoms with van der Waals surface area (Å²) in [6, 6.07) is 5.57. The molecule has 0 spiro atoms. The number of amides is 2. The number of aromatic nitrogens is 1. The molecule has 1 aliphatic rings. The summed E-state index contributed by atoms with van der Waals surface area (Å²) in [5, 5.41) is 15.7. The number of carbonyl (C=O) groups is 2. The molecular weight excluding hydrogens is 372 g/mol. The van der Waals surface area contributed by atoms with Crippen molar-refractivity contribution in [1.29, 1.82) is 0 Å². The Morgan fingerprint density at radius 2 is 1.79 bits per heavy atom. The summed E-state index contributed by atoms with van der Waals surface area (Å²) in [6.45, 7) is 7.09. The lowest BCUT2D eigenvalue weighted by molar-refractivity contribution is -0.114. The fraction of sp³-hybridized carbons (Fsp3) is 0.238. The molecule has 2 heterocycles. The molecule has 8 nitrogen and oxygen atoms in total. The first-order chi connectivity index (χ1) is 13.5. The standard InChI is InChI=1S/C21H22N4O4/c1-10-6-7-14(8-11(10)2)25-20(28)16(13(4)23-25)9-15-12(3)17(18(22)26)21(29)24(5)19(15)27/h6-9,29H,1-5H3,(H2,22,26). The minimum Gasteiger partial charge on any atom is -0.494 e. The van der Waals surface area contributed by atoms with E-state index in [9.17, 15) is 19.5 Å². The normalized spacial score (nSPS) is 15.2. The molecule has 0 saturated carbocycles. The number of nitrogens with two attached hydrogens (primary N) is 1. The first-order valence-corrected chi connectivity index (χ1v) is 8.96. The van der Waals surface area contributed by atoms with Crippen LogP contribution in [0.4, 0.5) is 5.69 Å². The molecule has 8 heteroatoms. The predicted molar refractivity (Wildman–Crippen MR) is 111 cm³/mol. The van der Waals surface area contributed by atoms with Gasteiger partial charge in [-0.3, -0.25) is 19.0 Å². The second kappa shape index (κ2) is 7.05. The van der Waals surface area contributed by atoms with E-state index in [2.05, 4.69) is 5.10 Å². The molecule has 0 unspecified atom stereocenters. The molecule has 29 heavy (non-hydrogen) atoms. The van der Waals surface area contributed by atoms with Crippen molar-refractivity contribution in [2.24, 2.45) is 17.9 Å². The molecule has 3 rings (SSSR count). The summed E-state index contributed by atoms with van der Waals surface area (Å²) >= 11 is 0. The van der Waals surface area contributed by atoms with Crippen molar-refractivity contribution in [3.63, 3.8) is 0 Å². The maximum absolute atomic E-state index is 13.0. The van der Waals surface area contributed by atoms with Crippen LogP contribution in [0.1, 0.15) is 39.5 Å². The summed E-state index contributed by atoms with van der Waals surface area (Å²) < 4.78 is 0.923. The van der Waals surface area contributed by atoms with Crippen LogP contribution in [0.15, 0.2) is 33.7 Å². The van der Waals surface area contributed by atoms with E-state index in [1.165, 1.54) is 25.1 Å². The number of anilines is 1. The van der Waals surface area contributed by atoms with Gasteiger partial charge in [0.25, 0.3) is 17.4 Å². The highest BCUT2D eigenvalue weighted by Crippen LogP contribution is 2.28. The summed E-state index contributed by atoms with van der Waals surface area (Å²) in [5.74, 6) is -1.77. The van der Waals surface area contributed by atoms with E-state index in [0.717, 1.165) is 15.7 Å². The molecule has 0 atom stereocenters. The van der Waals surface area contributed by atoms with Gasteiger partial charge in [0.05, 0.1) is 17.0 Å². The largest absolute Gasteiger partial charge is 0.494 e. The number of hydrazone groups is 1. The van der Waals surface area contributed by atoms with Crippen LogP contribution in [0, 0.1) is 20.8 Å². The highest BCUT2D eigenvalue weighted by atomic mass is 16.3. The van der Waals surface area contributed by atoms with Gasteiger partial charge < -0.3 is 10.8 Å². The summed E-state index contributed by atoms with van der Waals surface area (Å²) in [6.07, 6.45) is 1.39. The van der Waals surface area contributed by atoms with Crippen molar-refractivity contribution >= 4 is 29.3 Å². The van der Waals surface area contributed by atoms with E-state index in [1.54, 1.807) is 13.0 Å². The summed E-state index contributed by atoms with van der Waals surface area (Å²) in [7, 11) is 1.32. The fourth-order valence-corrected chi connectivity index (χ4v) is 3.23. The lowest BCUT2D eigenvalue weighted by Crippen LogP contribution is -2.27. The monoisotopic (exact) mass is 394 g/mol. The minimum absolute atomic E-state index is 0.0962. The van der Waals surface area contributed by atoms with E-state index < -0.39 is 17.3 Å². The Kier molecular flexibility index (Phi) is 4.88. The molecule has 0 bridgehead atoms. The number of aromatic hydroxyl groups is 1. The van der Waals surface area contributed by atoms with Crippen LogP contribution in [0.2, 0.25) is 0 Å². The topological polar surface area (TPSA) is 118 Å². The van der Waals surface area contributed by atoms with Crippen molar-refractivity contribution in [2.45, 2.75) is 27.7 Å². The van der Waals surface area contributed by atoms with Crippen LogP contribution >= 0.6 is 0 Å². The molecule has 150 valence electrons. The van der Waals surface area contributed by atoms with Crippen molar-refractivity contribution in [3.05, 3.63) is 61.9 Å². The molecule has 0 fully saturated rings. The van der Waals surface area contributed by atoms with Gasteiger partial charge in [-0.1, -0.05) is 6.07 Å². The van der Waals surface area contributed by atoms with Gasteiger partial charge in [-0.2, -0.15) is 10.1 Å². The molecule has 2 amide bonds. The Balaban J connectivity index is 2.14. The molecule has 0 aliphatic carbocycles. The first kappa shape index (κ1) is 20.1. The van der Waals surface area contributed by atoms with Gasteiger partial charge in [0.2, 0.25) is 5.88 Å². The van der Waals surface area contributed by atoms with Crippen LogP contribution < -0.4 is 16.3 Å². The predicted octanol–water partition coefficient (Wildman–Crippen LogP) is 1.92. The van der Waals surface area contributed by atoms with Crippen LogP contribution in [0.3, 0.4) is 0 Å². The first-order valence-electron chi connectivity index (χ1n) is 8.96. The quantitative estimate of drug-likeness (QED) is 0.773. The van der Waals surface area contributed by atoms with Crippen molar-refractivity contribution < 1.29 is 14.7 Å². The van der Waals surface area contributed by atoms with E-state index in [-0.39, 0.29) is 28.2 Å². The summed E-state index contributed by atoms with van der Waals surface area (Å²) in [5.41, 5.74) is 8.34. The molecule has 3 N–H and O–H groups in total. The number of hydrogen-bond acceptors (Lipinski definition) is 5. The van der Waals surface area contributed by atoms with Crippen molar-refractivity contribution in [2.75, 3.05) is 5.01 Å². The Hall–Kier alpha value is -3.68. The number of pyridine rings is 1. The Morgan fingerprint density at radius 3 is 2.38 bits per heavy atom. The second-order valence-electron chi connectivity index (χ2n) is 7.09. The lowest BCUT2D eigenvalue weighted by atomic mass is 10.0. The van der Waals surface area contributed by atoms with E-state index in [1.807, 2.05) is 26.0 Å². The maximum Gasteiger partial charge on any atom is 0.280 e. The molecule has 0 radical (unpaired) electrons. The number of hydrogen-bond donors (Lipinski definition) is 2. The third-order valence-electron chi connectivity index (χ3n) is 5.19. The van der Waals surface area contributed by atoms with Crippen LogP contribution in [-0.2, 0) is 11.8 Å². The molecule has 2 aromatic rings. The third-order valence-corrected chi connectivity index (χ3v) is 5.19. The van der Waals surface area contributed by atoms with Gasteiger partial charge in [0.15, 0.2) is 0 Å². The van der Waals surface area contributed by atoms with Crippen molar-refractivity contribution in [1.82, 2.24) is 4.57 Å². The third kappa shape index (κ3) is 3.22. The van der Waals surface area contributed by atoms with E-state index >= 15 is 0 Å². The van der Waals surface area contributed by atoms with Crippen molar-refractivity contribution in [3.8, 4) is 5.88 Å². The lowest BCUT2D eigenvalue weighted by Gasteiger charge is -2.14. The average molecular weight is 394 g/mol. The molecule has 1 aromatic carbocycles.